The third-order valence-corrected chi connectivity index (χ3v) is 4.89. The van der Waals surface area contributed by atoms with Crippen molar-refractivity contribution in [3.8, 4) is 0 Å². The molecule has 0 saturated carbocycles. The van der Waals surface area contributed by atoms with Crippen molar-refractivity contribution in [2.24, 2.45) is 0 Å². The molecule has 1 atom stereocenters. The average Bonchev–Trinajstić information content (AvgIpc) is 2.87. The molecule has 3 aromatic rings. The molecule has 1 aliphatic heterocycles. The minimum atomic E-state index is -0.461. The number of benzene rings is 1. The lowest BCUT2D eigenvalue weighted by Crippen LogP contribution is -2.41. The van der Waals surface area contributed by atoms with Gasteiger partial charge in [-0.2, -0.15) is 0 Å². The fraction of sp³-hybridized carbons (Fsp3) is 0.316. The molecule has 128 valence electrons. The Morgan fingerprint density at radius 3 is 2.72 bits per heavy atom. The number of nitrogens with zero attached hydrogens (tertiary/aromatic N) is 2. The van der Waals surface area contributed by atoms with E-state index in [1.807, 2.05) is 28.8 Å². The molecule has 2 aromatic heterocycles. The van der Waals surface area contributed by atoms with E-state index in [1.165, 1.54) is 0 Å². The molecule has 1 saturated heterocycles. The van der Waals surface area contributed by atoms with E-state index in [4.69, 9.17) is 5.73 Å². The molecule has 1 aromatic carbocycles. The quantitative estimate of drug-likeness (QED) is 0.704. The van der Waals surface area contributed by atoms with Crippen LogP contribution >= 0.6 is 0 Å². The number of imide groups is 1. The Kier molecular flexibility index (Phi) is 3.49. The summed E-state index contributed by atoms with van der Waals surface area (Å²) in [6.07, 6.45) is 0.788. The second-order valence-electron chi connectivity index (χ2n) is 6.84. The van der Waals surface area contributed by atoms with E-state index in [9.17, 15) is 9.59 Å². The summed E-state index contributed by atoms with van der Waals surface area (Å²) in [6.45, 7) is 4.16. The predicted molar refractivity (Wildman–Crippen MR) is 97.2 cm³/mol. The first-order valence-electron chi connectivity index (χ1n) is 8.50. The molecule has 0 bridgehead atoms. The maximum Gasteiger partial charge on any atom is 0.249 e. The number of piperidine rings is 1. The van der Waals surface area contributed by atoms with Gasteiger partial charge in [-0.25, -0.2) is 4.98 Å². The smallest absolute Gasteiger partial charge is 0.249 e. The van der Waals surface area contributed by atoms with Gasteiger partial charge in [0, 0.05) is 17.2 Å². The minimum Gasteiger partial charge on any atom is -0.383 e. The molecule has 6 heteroatoms. The van der Waals surface area contributed by atoms with Gasteiger partial charge in [0.05, 0.1) is 5.52 Å². The highest BCUT2D eigenvalue weighted by Crippen LogP contribution is 2.36. The van der Waals surface area contributed by atoms with Gasteiger partial charge in [0.15, 0.2) is 0 Å². The van der Waals surface area contributed by atoms with Crippen molar-refractivity contribution in [1.29, 1.82) is 0 Å². The first-order chi connectivity index (χ1) is 12.0. The Labute approximate surface area is 145 Å². The third kappa shape index (κ3) is 2.36. The summed E-state index contributed by atoms with van der Waals surface area (Å²) in [4.78, 5) is 28.6. The maximum absolute atomic E-state index is 12.4. The number of hydrogen-bond donors (Lipinski definition) is 2. The number of amides is 2. The fourth-order valence-electron chi connectivity index (χ4n) is 3.65. The number of carbonyl (C=O) groups excluding carboxylic acids is 2. The summed E-state index contributed by atoms with van der Waals surface area (Å²) in [6, 6.07) is 9.54. The molecule has 3 heterocycles. The lowest BCUT2D eigenvalue weighted by atomic mass is 10.0. The molecule has 0 spiro atoms. The van der Waals surface area contributed by atoms with Crippen LogP contribution < -0.4 is 11.1 Å². The molecule has 2 amide bonds. The van der Waals surface area contributed by atoms with Crippen molar-refractivity contribution in [2.75, 3.05) is 5.73 Å². The van der Waals surface area contributed by atoms with Gasteiger partial charge >= 0.3 is 0 Å². The van der Waals surface area contributed by atoms with E-state index in [0.717, 1.165) is 21.9 Å². The van der Waals surface area contributed by atoms with Crippen LogP contribution in [0.2, 0.25) is 0 Å². The number of rotatable bonds is 2. The maximum atomic E-state index is 12.4. The van der Waals surface area contributed by atoms with Crippen molar-refractivity contribution < 1.29 is 9.59 Å². The van der Waals surface area contributed by atoms with Crippen molar-refractivity contribution in [2.45, 2.75) is 38.6 Å². The number of pyridine rings is 1. The Hall–Kier alpha value is -2.89. The fourth-order valence-corrected chi connectivity index (χ4v) is 3.65. The molecule has 3 N–H and O–H groups in total. The van der Waals surface area contributed by atoms with Crippen LogP contribution in [0.5, 0.6) is 0 Å². The molecule has 0 radical (unpaired) electrons. The summed E-state index contributed by atoms with van der Waals surface area (Å²) < 4.78 is 1.92. The number of nitrogens with one attached hydrogen (secondary N) is 1. The van der Waals surface area contributed by atoms with Crippen LogP contribution in [0.15, 0.2) is 30.3 Å². The van der Waals surface area contributed by atoms with Gasteiger partial charge < -0.3 is 10.3 Å². The van der Waals surface area contributed by atoms with Crippen LogP contribution in [0.25, 0.3) is 21.9 Å². The molecule has 4 rings (SSSR count). The van der Waals surface area contributed by atoms with Gasteiger partial charge in [0.2, 0.25) is 11.8 Å². The van der Waals surface area contributed by atoms with E-state index >= 15 is 0 Å². The zero-order valence-electron chi connectivity index (χ0n) is 14.2. The number of para-hydroxylation sites is 1. The van der Waals surface area contributed by atoms with Crippen molar-refractivity contribution in [3.05, 3.63) is 35.9 Å². The molecule has 6 nitrogen and oxygen atoms in total. The van der Waals surface area contributed by atoms with Gasteiger partial charge in [-0.3, -0.25) is 14.9 Å². The van der Waals surface area contributed by atoms with Crippen molar-refractivity contribution >= 4 is 39.6 Å². The van der Waals surface area contributed by atoms with Gasteiger partial charge in [-0.15, -0.1) is 0 Å². The van der Waals surface area contributed by atoms with E-state index in [2.05, 4.69) is 30.2 Å². The first-order valence-corrected chi connectivity index (χ1v) is 8.50. The Morgan fingerprint density at radius 1 is 1.24 bits per heavy atom. The third-order valence-electron chi connectivity index (χ3n) is 4.89. The summed E-state index contributed by atoms with van der Waals surface area (Å²) in [5, 5.41) is 4.46. The summed E-state index contributed by atoms with van der Waals surface area (Å²) in [7, 11) is 0. The number of fused-ring (bicyclic) bond motifs is 3. The second-order valence-corrected chi connectivity index (χ2v) is 6.84. The SMILES string of the molecule is CC(C)c1cc2c3ccccc3n(C3CCC(=O)NC3=O)c2nc1N. The van der Waals surface area contributed by atoms with Crippen LogP contribution in [0, 0.1) is 0 Å². The highest BCUT2D eigenvalue weighted by atomic mass is 16.2. The van der Waals surface area contributed by atoms with Crippen molar-refractivity contribution in [3.63, 3.8) is 0 Å². The Morgan fingerprint density at radius 2 is 2.00 bits per heavy atom. The normalized spacial score (nSPS) is 18.3. The molecule has 0 aliphatic carbocycles. The van der Waals surface area contributed by atoms with Gasteiger partial charge in [0.1, 0.15) is 17.5 Å². The Balaban J connectivity index is 2.04. The molecule has 1 fully saturated rings. The summed E-state index contributed by atoms with van der Waals surface area (Å²) in [5.41, 5.74) is 8.81. The first kappa shape index (κ1) is 15.6. The molecule has 1 aliphatic rings. The number of nitrogens with two attached hydrogens (primary N) is 1. The largest absolute Gasteiger partial charge is 0.383 e. The van der Waals surface area contributed by atoms with Crippen LogP contribution in [-0.4, -0.2) is 21.4 Å². The monoisotopic (exact) mass is 336 g/mol. The molecule has 25 heavy (non-hydrogen) atoms. The highest BCUT2D eigenvalue weighted by molar-refractivity contribution is 6.09. The van der Waals surface area contributed by atoms with Crippen LogP contribution in [0.4, 0.5) is 5.82 Å². The lowest BCUT2D eigenvalue weighted by Gasteiger charge is -2.23. The highest BCUT2D eigenvalue weighted by Gasteiger charge is 2.31. The van der Waals surface area contributed by atoms with Crippen LogP contribution in [-0.2, 0) is 9.59 Å². The predicted octanol–water partition coefficient (Wildman–Crippen LogP) is 2.87. The van der Waals surface area contributed by atoms with Crippen molar-refractivity contribution in [1.82, 2.24) is 14.9 Å². The Bertz CT molecular complexity index is 1020. The lowest BCUT2D eigenvalue weighted by molar-refractivity contribution is -0.135. The number of hydrogen-bond acceptors (Lipinski definition) is 4. The van der Waals surface area contributed by atoms with Gasteiger partial charge in [-0.05, 0) is 30.0 Å². The average molecular weight is 336 g/mol. The van der Waals surface area contributed by atoms with Gasteiger partial charge in [0.25, 0.3) is 0 Å². The number of nitrogen functional groups attached to an aromatic ring is 1. The molecular weight excluding hydrogens is 316 g/mol. The minimum absolute atomic E-state index is 0.225. The molecule has 1 unspecified atom stereocenters. The zero-order chi connectivity index (χ0) is 17.7. The number of carbonyl (C=O) groups is 2. The second kappa shape index (κ2) is 5.58. The van der Waals surface area contributed by atoms with E-state index < -0.39 is 6.04 Å². The number of aromatic nitrogens is 2. The standard InChI is InChI=1S/C19H20N4O2/c1-10(2)12-9-13-11-5-3-4-6-14(11)23(18(13)22-17(12)20)15-7-8-16(24)21-19(15)25/h3-6,9-10,15H,7-8H2,1-2H3,(H2,20,22)(H,21,24,25). The summed E-state index contributed by atoms with van der Waals surface area (Å²) >= 11 is 0. The topological polar surface area (TPSA) is 90.0 Å². The van der Waals surface area contributed by atoms with E-state index in [1.54, 1.807) is 0 Å². The molecular formula is C19H20N4O2. The van der Waals surface area contributed by atoms with Crippen LogP contribution in [0.3, 0.4) is 0 Å². The summed E-state index contributed by atoms with van der Waals surface area (Å²) in [5.74, 6) is 0.234. The van der Waals surface area contributed by atoms with Gasteiger partial charge in [-0.1, -0.05) is 32.0 Å². The number of anilines is 1. The van der Waals surface area contributed by atoms with E-state index in [-0.39, 0.29) is 17.7 Å². The van der Waals surface area contributed by atoms with E-state index in [0.29, 0.717) is 24.3 Å². The zero-order valence-corrected chi connectivity index (χ0v) is 14.2. The van der Waals surface area contributed by atoms with Crippen LogP contribution in [0.1, 0.15) is 44.2 Å².